The van der Waals surface area contributed by atoms with Crippen molar-refractivity contribution in [1.29, 1.82) is 0 Å². The van der Waals surface area contributed by atoms with Crippen LogP contribution in [-0.4, -0.2) is 39.4 Å². The summed E-state index contributed by atoms with van der Waals surface area (Å²) in [6, 6.07) is 8.99. The van der Waals surface area contributed by atoms with Gasteiger partial charge in [-0.05, 0) is 31.0 Å². The molecule has 1 saturated carbocycles. The van der Waals surface area contributed by atoms with E-state index in [1.807, 2.05) is 0 Å². The van der Waals surface area contributed by atoms with Crippen LogP contribution in [0.15, 0.2) is 45.7 Å². The summed E-state index contributed by atoms with van der Waals surface area (Å²) in [6.45, 7) is 0. The number of nitro groups is 1. The molecule has 164 valence electrons. The van der Waals surface area contributed by atoms with Gasteiger partial charge in [-0.1, -0.05) is 43.2 Å². The molecule has 2 aliphatic rings. The summed E-state index contributed by atoms with van der Waals surface area (Å²) in [5, 5.41) is 11.3. The first-order valence-electron chi connectivity index (χ1n) is 9.76. The van der Waals surface area contributed by atoms with Gasteiger partial charge in [-0.15, -0.1) is 0 Å². The molecule has 0 spiro atoms. The first-order chi connectivity index (χ1) is 14.8. The highest BCUT2D eigenvalue weighted by Crippen LogP contribution is 2.43. The smallest absolute Gasteiger partial charge is 0.296 e. The lowest BCUT2D eigenvalue weighted by Gasteiger charge is -2.33. The van der Waals surface area contributed by atoms with Crippen molar-refractivity contribution in [3.8, 4) is 11.3 Å². The zero-order chi connectivity index (χ0) is 22.2. The summed E-state index contributed by atoms with van der Waals surface area (Å²) >= 11 is 0.767. The fraction of sp³-hybridized carbons (Fsp3) is 0.350. The van der Waals surface area contributed by atoms with Crippen molar-refractivity contribution in [2.75, 3.05) is 0 Å². The highest BCUT2D eigenvalue weighted by Gasteiger charge is 2.47. The molecule has 4 rings (SSSR count). The summed E-state index contributed by atoms with van der Waals surface area (Å²) in [5.74, 6) is 0.0387. The van der Waals surface area contributed by atoms with Crippen LogP contribution in [0.2, 0.25) is 0 Å². The van der Waals surface area contributed by atoms with Crippen LogP contribution in [0, 0.1) is 10.1 Å². The first kappa shape index (κ1) is 21.6. The molecule has 1 saturated heterocycles. The van der Waals surface area contributed by atoms with Crippen LogP contribution in [-0.2, 0) is 14.9 Å². The van der Waals surface area contributed by atoms with E-state index in [2.05, 4.69) is 0 Å². The van der Waals surface area contributed by atoms with Gasteiger partial charge >= 0.3 is 0 Å². The minimum absolute atomic E-state index is 0.114. The molecular weight excluding hydrogens is 444 g/mol. The van der Waals surface area contributed by atoms with Crippen LogP contribution in [0.25, 0.3) is 17.4 Å². The number of amides is 1. The Hall–Kier alpha value is -2.63. The molecule has 1 amide bonds. The summed E-state index contributed by atoms with van der Waals surface area (Å²) in [7, 11) is -4.49. The maximum Gasteiger partial charge on any atom is 0.296 e. The second-order valence-corrected chi connectivity index (χ2v) is 10.3. The Morgan fingerprint density at radius 3 is 2.55 bits per heavy atom. The number of carbonyl (C=O) groups excluding carboxylic acids is 1. The number of para-hydroxylation sites is 1. The van der Waals surface area contributed by atoms with Gasteiger partial charge in [0.05, 0.1) is 15.4 Å². The number of benzene rings is 1. The van der Waals surface area contributed by atoms with Gasteiger partial charge in [-0.3, -0.25) is 19.5 Å². The first-order valence-corrected chi connectivity index (χ1v) is 12.1. The number of hydrogen-bond acceptors (Lipinski definition) is 7. The standard InChI is InChI=1S/C20H20N2O7S2/c23-19-18(30-20(31(26,27)28)21(19)13-6-2-1-3-7-13)12-14-10-11-17(29-14)15-8-4-5-9-16(15)22(24)25/h4-5,8-13,20H,1-3,6-7H2,(H,26,27,28). The van der Waals surface area contributed by atoms with E-state index in [1.165, 1.54) is 17.0 Å². The highest BCUT2D eigenvalue weighted by molar-refractivity contribution is 8.15. The Balaban J connectivity index is 1.65. The molecule has 2 fully saturated rings. The second kappa shape index (κ2) is 8.48. The molecule has 1 aliphatic heterocycles. The van der Waals surface area contributed by atoms with E-state index in [9.17, 15) is 27.9 Å². The maximum atomic E-state index is 13.0. The largest absolute Gasteiger partial charge is 0.456 e. The van der Waals surface area contributed by atoms with Crippen LogP contribution in [0.3, 0.4) is 0 Å². The van der Waals surface area contributed by atoms with Crippen molar-refractivity contribution < 1.29 is 27.1 Å². The van der Waals surface area contributed by atoms with E-state index in [0.29, 0.717) is 18.4 Å². The summed E-state index contributed by atoms with van der Waals surface area (Å²) in [5.41, 5.74) is 0.180. The Labute approximate surface area is 183 Å². The third-order valence-corrected chi connectivity index (χ3v) is 8.12. The lowest BCUT2D eigenvalue weighted by atomic mass is 9.94. The fourth-order valence-electron chi connectivity index (χ4n) is 3.98. The SMILES string of the molecule is O=C1C(=Cc2ccc(-c3ccccc3[N+](=O)[O-])o2)SC(S(=O)(=O)O)N1C1CCCCC1. The van der Waals surface area contributed by atoms with Gasteiger partial charge in [0.2, 0.25) is 4.71 Å². The molecule has 2 aromatic rings. The maximum absolute atomic E-state index is 13.0. The lowest BCUT2D eigenvalue weighted by Crippen LogP contribution is -2.45. The average Bonchev–Trinajstić information content (AvgIpc) is 3.33. The third-order valence-electron chi connectivity index (χ3n) is 5.39. The van der Waals surface area contributed by atoms with E-state index < -0.39 is 25.7 Å². The molecule has 1 atom stereocenters. The molecule has 0 radical (unpaired) electrons. The van der Waals surface area contributed by atoms with E-state index in [0.717, 1.165) is 31.0 Å². The van der Waals surface area contributed by atoms with Crippen molar-refractivity contribution in [3.63, 3.8) is 0 Å². The molecule has 0 bridgehead atoms. The third kappa shape index (κ3) is 4.39. The van der Waals surface area contributed by atoms with E-state index >= 15 is 0 Å². The van der Waals surface area contributed by atoms with E-state index in [1.54, 1.807) is 30.3 Å². The number of carbonyl (C=O) groups is 1. The van der Waals surface area contributed by atoms with Crippen molar-refractivity contribution in [2.45, 2.75) is 42.9 Å². The molecule has 11 heteroatoms. The average molecular weight is 465 g/mol. The molecule has 31 heavy (non-hydrogen) atoms. The minimum atomic E-state index is -4.49. The van der Waals surface area contributed by atoms with Crippen molar-refractivity contribution in [1.82, 2.24) is 4.90 Å². The van der Waals surface area contributed by atoms with Crippen LogP contribution < -0.4 is 0 Å². The van der Waals surface area contributed by atoms with E-state index in [4.69, 9.17) is 4.42 Å². The zero-order valence-electron chi connectivity index (χ0n) is 16.3. The lowest BCUT2D eigenvalue weighted by molar-refractivity contribution is -0.384. The Kier molecular flexibility index (Phi) is 5.91. The number of furan rings is 1. The predicted molar refractivity (Wildman–Crippen MR) is 115 cm³/mol. The minimum Gasteiger partial charge on any atom is -0.456 e. The zero-order valence-corrected chi connectivity index (χ0v) is 18.0. The Morgan fingerprint density at radius 2 is 1.87 bits per heavy atom. The number of thioether (sulfide) groups is 1. The van der Waals surface area contributed by atoms with Crippen LogP contribution in [0.5, 0.6) is 0 Å². The van der Waals surface area contributed by atoms with Gasteiger partial charge < -0.3 is 9.32 Å². The van der Waals surface area contributed by atoms with Crippen molar-refractivity contribution in [2.24, 2.45) is 0 Å². The van der Waals surface area contributed by atoms with Gasteiger partial charge in [-0.2, -0.15) is 8.42 Å². The number of hydrogen-bond donors (Lipinski definition) is 1. The predicted octanol–water partition coefficient (Wildman–Crippen LogP) is 4.28. The monoisotopic (exact) mass is 464 g/mol. The van der Waals surface area contributed by atoms with Crippen LogP contribution in [0.1, 0.15) is 37.9 Å². The van der Waals surface area contributed by atoms with Crippen LogP contribution >= 0.6 is 11.8 Å². The number of nitrogens with zero attached hydrogens (tertiary/aromatic N) is 2. The molecule has 1 N–H and O–H groups in total. The fourth-order valence-corrected chi connectivity index (χ4v) is 6.32. The van der Waals surface area contributed by atoms with Gasteiger partial charge in [0.25, 0.3) is 21.7 Å². The van der Waals surface area contributed by atoms with E-state index in [-0.39, 0.29) is 28.2 Å². The Bertz CT molecular complexity index is 1150. The molecule has 9 nitrogen and oxygen atoms in total. The van der Waals surface area contributed by atoms with Crippen molar-refractivity contribution >= 4 is 39.6 Å². The number of rotatable bonds is 5. The van der Waals surface area contributed by atoms with Gasteiger partial charge in [-0.25, -0.2) is 0 Å². The number of nitro benzene ring substituents is 1. The molecule has 1 aromatic heterocycles. The van der Waals surface area contributed by atoms with Crippen LogP contribution in [0.4, 0.5) is 5.69 Å². The van der Waals surface area contributed by atoms with Gasteiger partial charge in [0.1, 0.15) is 11.5 Å². The summed E-state index contributed by atoms with van der Waals surface area (Å²) in [4.78, 5) is 25.2. The summed E-state index contributed by atoms with van der Waals surface area (Å²) in [6.07, 6.45) is 5.61. The quantitative estimate of drug-likeness (QED) is 0.300. The molecule has 2 heterocycles. The second-order valence-electron chi connectivity index (χ2n) is 7.43. The molecular formula is C20H20N2O7S2. The highest BCUT2D eigenvalue weighted by atomic mass is 32.3. The molecule has 1 aromatic carbocycles. The topological polar surface area (TPSA) is 131 Å². The molecule has 1 unspecified atom stereocenters. The Morgan fingerprint density at radius 1 is 1.16 bits per heavy atom. The van der Waals surface area contributed by atoms with Crippen molar-refractivity contribution in [3.05, 3.63) is 57.2 Å². The van der Waals surface area contributed by atoms with Gasteiger partial charge in [0.15, 0.2) is 0 Å². The normalized spacial score (nSPS) is 21.7. The van der Waals surface area contributed by atoms with Gasteiger partial charge in [0, 0.05) is 18.2 Å². The molecule has 1 aliphatic carbocycles. The summed E-state index contributed by atoms with van der Waals surface area (Å²) < 4.78 is 37.9.